The largest absolute Gasteiger partial charge is 0.416 e. The summed E-state index contributed by atoms with van der Waals surface area (Å²) in [5.74, 6) is -3.49. The summed E-state index contributed by atoms with van der Waals surface area (Å²) in [6, 6.07) is 11.5. The number of allylic oxidation sites excluding steroid dienone is 4. The Bertz CT molecular complexity index is 1640. The molecule has 222 valence electrons. The number of carbonyl (C=O) groups excluding carboxylic acids is 3. The van der Waals surface area contributed by atoms with Gasteiger partial charge in [-0.05, 0) is 67.8 Å². The van der Waals surface area contributed by atoms with Crippen molar-refractivity contribution in [3.05, 3.63) is 108 Å². The van der Waals surface area contributed by atoms with Crippen molar-refractivity contribution in [2.45, 2.75) is 31.5 Å². The molecule has 0 fully saturated rings. The highest BCUT2D eigenvalue weighted by molar-refractivity contribution is 6.07. The molecule has 0 bridgehead atoms. The van der Waals surface area contributed by atoms with Crippen LogP contribution in [-0.2, 0) is 15.8 Å². The zero-order valence-electron chi connectivity index (χ0n) is 22.9. The number of hydrogen-bond acceptors (Lipinski definition) is 4. The molecule has 2 aliphatic rings. The van der Waals surface area contributed by atoms with Gasteiger partial charge in [-0.3, -0.25) is 19.3 Å². The van der Waals surface area contributed by atoms with E-state index in [4.69, 9.17) is 0 Å². The molecule has 43 heavy (non-hydrogen) atoms. The van der Waals surface area contributed by atoms with E-state index >= 15 is 0 Å². The van der Waals surface area contributed by atoms with Crippen LogP contribution in [0.3, 0.4) is 0 Å². The van der Waals surface area contributed by atoms with E-state index in [1.54, 1.807) is 43.3 Å². The molecular formula is C31H27F4N5O3. The highest BCUT2D eigenvalue weighted by Gasteiger charge is 2.48. The summed E-state index contributed by atoms with van der Waals surface area (Å²) >= 11 is 0. The summed E-state index contributed by atoms with van der Waals surface area (Å²) < 4.78 is 55.7. The second-order valence-corrected chi connectivity index (χ2v) is 10.0. The van der Waals surface area contributed by atoms with Gasteiger partial charge < -0.3 is 10.6 Å². The van der Waals surface area contributed by atoms with Crippen molar-refractivity contribution in [1.29, 1.82) is 0 Å². The molecule has 1 aliphatic heterocycles. The molecule has 3 aromatic rings. The number of aromatic nitrogens is 2. The number of nitrogens with zero attached hydrogens (tertiary/aromatic N) is 3. The van der Waals surface area contributed by atoms with Crippen molar-refractivity contribution in [2.75, 3.05) is 16.8 Å². The smallest absolute Gasteiger partial charge is 0.340 e. The minimum atomic E-state index is -4.68. The molecule has 2 aromatic carbocycles. The molecule has 2 N–H and O–H groups in total. The van der Waals surface area contributed by atoms with Crippen LogP contribution in [0, 0.1) is 5.92 Å². The lowest BCUT2D eigenvalue weighted by Gasteiger charge is -2.41. The first kappa shape index (κ1) is 29.5. The molecular weight excluding hydrogens is 566 g/mol. The number of benzene rings is 2. The van der Waals surface area contributed by atoms with Gasteiger partial charge in [0.05, 0.1) is 11.3 Å². The Morgan fingerprint density at radius 2 is 1.88 bits per heavy atom. The maximum atomic E-state index is 14.2. The lowest BCUT2D eigenvalue weighted by molar-refractivity contribution is -0.137. The van der Waals surface area contributed by atoms with Gasteiger partial charge in [0.25, 0.3) is 11.8 Å². The lowest BCUT2D eigenvalue weighted by atomic mass is 9.75. The first-order valence-corrected chi connectivity index (χ1v) is 13.5. The zero-order valence-corrected chi connectivity index (χ0v) is 22.9. The van der Waals surface area contributed by atoms with E-state index in [-0.39, 0.29) is 24.3 Å². The standard InChI is InChI=1S/C31H27F4N5O3/c1-3-23(41)36-27-25-24(18-13-15-21(32)16-14-18)26(37-28(42)19-9-8-10-20(17-19)31(33,34)35)30(43)39(4-2)29(25)40(38-27)22-11-6-5-7-12-22/h3,5-13,15-18,24,26H,1,4,14H2,2H3,(H,37,42)(H,36,38,41)/t18?,24-,26-/m0/s1. The first-order valence-electron chi connectivity index (χ1n) is 13.5. The zero-order chi connectivity index (χ0) is 30.9. The number of nitrogens with one attached hydrogen (secondary N) is 2. The predicted octanol–water partition coefficient (Wildman–Crippen LogP) is 5.69. The van der Waals surface area contributed by atoms with E-state index < -0.39 is 53.2 Å². The van der Waals surface area contributed by atoms with Crippen LogP contribution in [0.15, 0.2) is 91.3 Å². The van der Waals surface area contributed by atoms with E-state index in [1.165, 1.54) is 27.8 Å². The van der Waals surface area contributed by atoms with Crippen molar-refractivity contribution in [2.24, 2.45) is 5.92 Å². The summed E-state index contributed by atoms with van der Waals surface area (Å²) in [7, 11) is 0. The van der Waals surface area contributed by atoms with Crippen molar-refractivity contribution < 1.29 is 31.9 Å². The summed E-state index contributed by atoms with van der Waals surface area (Å²) in [5, 5.41) is 10.00. The second-order valence-electron chi connectivity index (χ2n) is 10.0. The molecule has 2 heterocycles. The molecule has 0 saturated carbocycles. The molecule has 3 atom stereocenters. The number of hydrogen-bond donors (Lipinski definition) is 2. The maximum Gasteiger partial charge on any atom is 0.416 e. The number of amides is 3. The molecule has 8 nitrogen and oxygen atoms in total. The Hall–Kier alpha value is -5.00. The van der Waals surface area contributed by atoms with Crippen LogP contribution >= 0.6 is 0 Å². The molecule has 1 aromatic heterocycles. The average Bonchev–Trinajstić information content (AvgIpc) is 3.36. The van der Waals surface area contributed by atoms with Gasteiger partial charge in [0, 0.05) is 23.6 Å². The Morgan fingerprint density at radius 3 is 2.51 bits per heavy atom. The highest BCUT2D eigenvalue weighted by atomic mass is 19.4. The number of rotatable bonds is 7. The van der Waals surface area contributed by atoms with Crippen LogP contribution in [0.1, 0.15) is 40.7 Å². The molecule has 1 unspecified atom stereocenters. The van der Waals surface area contributed by atoms with Crippen LogP contribution in [0.4, 0.5) is 29.2 Å². The summed E-state index contributed by atoms with van der Waals surface area (Å²) in [5.41, 5.74) is -0.321. The van der Waals surface area contributed by atoms with Crippen molar-refractivity contribution in [1.82, 2.24) is 15.1 Å². The number of alkyl halides is 3. The van der Waals surface area contributed by atoms with Gasteiger partial charge in [-0.25, -0.2) is 9.07 Å². The maximum absolute atomic E-state index is 14.2. The second kappa shape index (κ2) is 11.7. The predicted molar refractivity (Wildman–Crippen MR) is 152 cm³/mol. The lowest BCUT2D eigenvalue weighted by Crippen LogP contribution is -2.56. The van der Waals surface area contributed by atoms with Gasteiger partial charge in [0.2, 0.25) is 5.91 Å². The normalized spacial score (nSPS) is 19.8. The molecule has 1 aliphatic carbocycles. The fourth-order valence-electron chi connectivity index (χ4n) is 5.45. The number of likely N-dealkylation sites (N-methyl/N-ethyl adjacent to an activating group) is 1. The molecule has 5 rings (SSSR count). The quantitative estimate of drug-likeness (QED) is 0.272. The van der Waals surface area contributed by atoms with Gasteiger partial charge in [0.1, 0.15) is 17.7 Å². The molecule has 0 radical (unpaired) electrons. The third-order valence-corrected chi connectivity index (χ3v) is 7.41. The third-order valence-electron chi connectivity index (χ3n) is 7.41. The Morgan fingerprint density at radius 1 is 1.14 bits per heavy atom. The van der Waals surface area contributed by atoms with Gasteiger partial charge in [-0.15, -0.1) is 5.10 Å². The van der Waals surface area contributed by atoms with Crippen LogP contribution in [0.5, 0.6) is 0 Å². The van der Waals surface area contributed by atoms with E-state index in [2.05, 4.69) is 22.3 Å². The van der Waals surface area contributed by atoms with Gasteiger partial charge >= 0.3 is 6.18 Å². The van der Waals surface area contributed by atoms with Crippen LogP contribution in [0.2, 0.25) is 0 Å². The molecule has 0 spiro atoms. The summed E-state index contributed by atoms with van der Waals surface area (Å²) in [6.07, 6.45) is 0.686. The number of anilines is 2. The Kier molecular flexibility index (Phi) is 8.03. The number of carbonyl (C=O) groups is 3. The number of fused-ring (bicyclic) bond motifs is 1. The molecule has 3 amide bonds. The van der Waals surface area contributed by atoms with Crippen LogP contribution in [-0.4, -0.2) is 40.1 Å². The monoisotopic (exact) mass is 593 g/mol. The third kappa shape index (κ3) is 5.72. The average molecular weight is 594 g/mol. The number of para-hydroxylation sites is 1. The van der Waals surface area contributed by atoms with Crippen molar-refractivity contribution in [3.63, 3.8) is 0 Å². The molecule has 0 saturated heterocycles. The van der Waals surface area contributed by atoms with Crippen molar-refractivity contribution >= 4 is 29.4 Å². The van der Waals surface area contributed by atoms with Crippen molar-refractivity contribution in [3.8, 4) is 5.69 Å². The fourth-order valence-corrected chi connectivity index (χ4v) is 5.45. The fraction of sp³-hybridized carbons (Fsp3) is 0.226. The van der Waals surface area contributed by atoms with Crippen LogP contribution in [0.25, 0.3) is 5.69 Å². The topological polar surface area (TPSA) is 96.3 Å². The Labute approximate surface area is 244 Å². The van der Waals surface area contributed by atoms with E-state index in [0.717, 1.165) is 18.2 Å². The summed E-state index contributed by atoms with van der Waals surface area (Å²) in [4.78, 5) is 41.5. The molecule has 12 heteroatoms. The first-order chi connectivity index (χ1) is 20.5. The van der Waals surface area contributed by atoms with Gasteiger partial charge in [-0.1, -0.05) is 36.9 Å². The van der Waals surface area contributed by atoms with Gasteiger partial charge in [0.15, 0.2) is 5.82 Å². The SMILES string of the molecule is C=CC(=O)Nc1nn(-c2ccccc2)c2c1[C@H](C1C=CC(F)=CC1)[C@H](NC(=O)c1cccc(C(F)(F)F)c1)C(=O)N2CC. The highest BCUT2D eigenvalue weighted by Crippen LogP contribution is 2.47. The van der Waals surface area contributed by atoms with E-state index in [9.17, 15) is 31.9 Å². The van der Waals surface area contributed by atoms with E-state index in [0.29, 0.717) is 23.1 Å². The number of halogens is 4. The minimum Gasteiger partial charge on any atom is -0.340 e. The minimum absolute atomic E-state index is 0.0986. The van der Waals surface area contributed by atoms with Gasteiger partial charge in [-0.2, -0.15) is 13.2 Å². The van der Waals surface area contributed by atoms with Crippen LogP contribution < -0.4 is 15.5 Å². The summed E-state index contributed by atoms with van der Waals surface area (Å²) in [6.45, 7) is 5.35. The Balaban J connectivity index is 1.68. The van der Waals surface area contributed by atoms with E-state index in [1.807, 2.05) is 0 Å².